The van der Waals surface area contributed by atoms with Crippen molar-refractivity contribution < 1.29 is 27.1 Å². The number of piperidine rings is 1. The molecular weight excluding hydrogens is 430 g/mol. The number of halogens is 4. The monoisotopic (exact) mass is 447 g/mol. The SMILES string of the molecule is O=C(c1c(F)cccc1-n1nccn1)N1CC2C[C@@H](Oc3ccc(C(F)(F)F)cn3)[C@@H]1C2. The number of benzene rings is 1. The van der Waals surface area contributed by atoms with Gasteiger partial charge >= 0.3 is 6.18 Å². The predicted octanol–water partition coefficient (Wildman–Crippen LogP) is 3.50. The molecule has 1 aliphatic heterocycles. The quantitative estimate of drug-likeness (QED) is 0.573. The first-order valence-electron chi connectivity index (χ1n) is 9.97. The fraction of sp³-hybridized carbons (Fsp3) is 0.333. The van der Waals surface area contributed by atoms with E-state index in [2.05, 4.69) is 15.2 Å². The van der Waals surface area contributed by atoms with Gasteiger partial charge in [-0.15, -0.1) is 0 Å². The van der Waals surface area contributed by atoms with Gasteiger partial charge in [-0.1, -0.05) is 6.07 Å². The van der Waals surface area contributed by atoms with E-state index in [0.29, 0.717) is 25.6 Å². The Morgan fingerprint density at radius 1 is 1.09 bits per heavy atom. The largest absolute Gasteiger partial charge is 0.472 e. The van der Waals surface area contributed by atoms with Crippen LogP contribution in [0.3, 0.4) is 0 Å². The van der Waals surface area contributed by atoms with Gasteiger partial charge in [-0.25, -0.2) is 9.37 Å². The second kappa shape index (κ2) is 7.57. The first-order chi connectivity index (χ1) is 15.3. The van der Waals surface area contributed by atoms with Crippen molar-refractivity contribution in [1.29, 1.82) is 0 Å². The molecule has 0 N–H and O–H groups in total. The zero-order valence-electron chi connectivity index (χ0n) is 16.5. The maximum Gasteiger partial charge on any atom is 0.417 e. The molecule has 7 nitrogen and oxygen atoms in total. The molecule has 1 aliphatic carbocycles. The maximum atomic E-state index is 14.7. The normalized spacial score (nSPS) is 22.4. The number of ether oxygens (including phenoxy) is 1. The van der Waals surface area contributed by atoms with Crippen LogP contribution < -0.4 is 4.74 Å². The Bertz CT molecular complexity index is 1130. The minimum atomic E-state index is -4.48. The molecular formula is C21H17F4N5O2. The average Bonchev–Trinajstić information content (AvgIpc) is 3.50. The van der Waals surface area contributed by atoms with Crippen LogP contribution in [0.25, 0.3) is 5.69 Å². The number of hydrogen-bond donors (Lipinski definition) is 0. The Morgan fingerprint density at radius 3 is 2.53 bits per heavy atom. The molecule has 1 aromatic carbocycles. The number of hydrogen-bond acceptors (Lipinski definition) is 5. The molecule has 166 valence electrons. The molecule has 2 aliphatic rings. The summed E-state index contributed by atoms with van der Waals surface area (Å²) in [5.74, 6) is -0.984. The van der Waals surface area contributed by atoms with Crippen molar-refractivity contribution in [1.82, 2.24) is 24.9 Å². The van der Waals surface area contributed by atoms with Crippen LogP contribution in [0.15, 0.2) is 48.9 Å². The van der Waals surface area contributed by atoms with Crippen LogP contribution in [-0.4, -0.2) is 49.5 Å². The summed E-state index contributed by atoms with van der Waals surface area (Å²) in [6, 6.07) is 5.97. The summed E-state index contributed by atoms with van der Waals surface area (Å²) >= 11 is 0. The van der Waals surface area contributed by atoms with Crippen molar-refractivity contribution in [3.05, 3.63) is 65.9 Å². The van der Waals surface area contributed by atoms with Crippen LogP contribution in [0.2, 0.25) is 0 Å². The third kappa shape index (κ3) is 3.57. The molecule has 3 heterocycles. The number of fused-ring (bicyclic) bond motifs is 2. The van der Waals surface area contributed by atoms with E-state index in [1.165, 1.54) is 35.4 Å². The number of pyridine rings is 1. The van der Waals surface area contributed by atoms with Gasteiger partial charge in [0.15, 0.2) is 0 Å². The van der Waals surface area contributed by atoms with Gasteiger partial charge in [0.1, 0.15) is 23.2 Å². The highest BCUT2D eigenvalue weighted by atomic mass is 19.4. The molecule has 32 heavy (non-hydrogen) atoms. The van der Waals surface area contributed by atoms with Crippen molar-refractivity contribution in [3.8, 4) is 11.6 Å². The number of alkyl halides is 3. The molecule has 1 saturated heterocycles. The summed E-state index contributed by atoms with van der Waals surface area (Å²) in [6.07, 6.45) is -0.0467. The van der Waals surface area contributed by atoms with Gasteiger partial charge in [0.2, 0.25) is 5.88 Å². The number of carbonyl (C=O) groups is 1. The zero-order chi connectivity index (χ0) is 22.5. The number of rotatable bonds is 4. The highest BCUT2D eigenvalue weighted by Crippen LogP contribution is 2.41. The standard InChI is InChI=1S/C21H17F4N5O2/c22-14-2-1-3-15(30-27-6-7-28-30)19(14)20(31)29-11-12-8-16(29)17(9-12)32-18-5-4-13(10-26-18)21(23,24)25/h1-7,10,12,16-17H,8-9,11H2/t12?,16-,17+/m0/s1. The second-order valence-corrected chi connectivity index (χ2v) is 7.85. The molecule has 5 rings (SSSR count). The molecule has 2 aromatic heterocycles. The van der Waals surface area contributed by atoms with Gasteiger partial charge in [0.25, 0.3) is 5.91 Å². The predicted molar refractivity (Wildman–Crippen MR) is 103 cm³/mol. The Balaban J connectivity index is 1.37. The third-order valence-electron chi connectivity index (χ3n) is 5.86. The lowest BCUT2D eigenvalue weighted by Crippen LogP contribution is -2.47. The fourth-order valence-corrected chi connectivity index (χ4v) is 4.47. The summed E-state index contributed by atoms with van der Waals surface area (Å²) in [5, 5.41) is 7.99. The molecule has 2 bridgehead atoms. The molecule has 1 unspecified atom stereocenters. The molecule has 2 fully saturated rings. The summed E-state index contributed by atoms with van der Waals surface area (Å²) in [5.41, 5.74) is -0.777. The van der Waals surface area contributed by atoms with Gasteiger partial charge in [0, 0.05) is 18.8 Å². The third-order valence-corrected chi connectivity index (χ3v) is 5.86. The Morgan fingerprint density at radius 2 is 1.88 bits per heavy atom. The highest BCUT2D eigenvalue weighted by molar-refractivity contribution is 5.98. The molecule has 3 aromatic rings. The van der Waals surface area contributed by atoms with E-state index < -0.39 is 29.6 Å². The molecule has 0 spiro atoms. The van der Waals surface area contributed by atoms with Gasteiger partial charge in [0.05, 0.1) is 24.0 Å². The van der Waals surface area contributed by atoms with Crippen molar-refractivity contribution in [3.63, 3.8) is 0 Å². The average molecular weight is 447 g/mol. The van der Waals surface area contributed by atoms with Crippen molar-refractivity contribution in [2.45, 2.75) is 31.2 Å². The van der Waals surface area contributed by atoms with E-state index in [-0.39, 0.29) is 29.1 Å². The van der Waals surface area contributed by atoms with Crippen LogP contribution in [0, 0.1) is 11.7 Å². The van der Waals surface area contributed by atoms with Crippen LogP contribution in [-0.2, 0) is 6.18 Å². The first kappa shape index (κ1) is 20.4. The van der Waals surface area contributed by atoms with Gasteiger partial charge in [-0.2, -0.15) is 28.2 Å². The number of likely N-dealkylation sites (tertiary alicyclic amines) is 1. The van der Waals surface area contributed by atoms with E-state index in [1.54, 1.807) is 11.0 Å². The molecule has 11 heteroatoms. The van der Waals surface area contributed by atoms with Crippen LogP contribution in [0.1, 0.15) is 28.8 Å². The van der Waals surface area contributed by atoms with Crippen molar-refractivity contribution in [2.24, 2.45) is 5.92 Å². The molecule has 0 radical (unpaired) electrons. The summed E-state index contributed by atoms with van der Waals surface area (Å²) in [6.45, 7) is 0.449. The molecule has 1 saturated carbocycles. The van der Waals surface area contributed by atoms with Crippen LogP contribution in [0.4, 0.5) is 17.6 Å². The van der Waals surface area contributed by atoms with Gasteiger partial charge in [-0.05, 0) is 37.0 Å². The Hall–Kier alpha value is -3.50. The van der Waals surface area contributed by atoms with Crippen LogP contribution >= 0.6 is 0 Å². The number of aromatic nitrogens is 4. The summed E-state index contributed by atoms with van der Waals surface area (Å²) < 4.78 is 58.8. The van der Waals surface area contributed by atoms with E-state index in [0.717, 1.165) is 6.07 Å². The van der Waals surface area contributed by atoms with E-state index in [1.807, 2.05) is 0 Å². The summed E-state index contributed by atoms with van der Waals surface area (Å²) in [4.78, 5) is 19.9. The van der Waals surface area contributed by atoms with Gasteiger partial charge in [-0.3, -0.25) is 4.79 Å². The van der Waals surface area contributed by atoms with Gasteiger partial charge < -0.3 is 9.64 Å². The maximum absolute atomic E-state index is 14.7. The van der Waals surface area contributed by atoms with E-state index in [4.69, 9.17) is 4.74 Å². The smallest absolute Gasteiger partial charge is 0.417 e. The fourth-order valence-electron chi connectivity index (χ4n) is 4.47. The topological polar surface area (TPSA) is 73.1 Å². The number of amides is 1. The van der Waals surface area contributed by atoms with Crippen molar-refractivity contribution >= 4 is 5.91 Å². The molecule has 1 amide bonds. The second-order valence-electron chi connectivity index (χ2n) is 7.85. The first-order valence-corrected chi connectivity index (χ1v) is 9.97. The van der Waals surface area contributed by atoms with Crippen LogP contribution in [0.5, 0.6) is 5.88 Å². The lowest BCUT2D eigenvalue weighted by molar-refractivity contribution is -0.137. The number of nitrogens with zero attached hydrogens (tertiary/aromatic N) is 5. The van der Waals surface area contributed by atoms with Crippen molar-refractivity contribution in [2.75, 3.05) is 6.54 Å². The lowest BCUT2D eigenvalue weighted by atomic mass is 10.1. The van der Waals surface area contributed by atoms with E-state index in [9.17, 15) is 22.4 Å². The van der Waals surface area contributed by atoms with E-state index >= 15 is 0 Å². The minimum absolute atomic E-state index is 0.0512. The lowest BCUT2D eigenvalue weighted by Gasteiger charge is -2.33. The molecule has 3 atom stereocenters. The minimum Gasteiger partial charge on any atom is -0.472 e. The highest BCUT2D eigenvalue weighted by Gasteiger charge is 2.49. The zero-order valence-corrected chi connectivity index (χ0v) is 16.5. The number of carbonyl (C=O) groups excluding carboxylic acids is 1. The Labute approximate surface area is 179 Å². The summed E-state index contributed by atoms with van der Waals surface area (Å²) in [7, 11) is 0. The Kier molecular flexibility index (Phi) is 4.83.